The molecular weight excluding hydrogens is 508 g/mol. The van der Waals surface area contributed by atoms with Crippen LogP contribution in [0.2, 0.25) is 0 Å². The second-order valence-corrected chi connectivity index (χ2v) is 11.3. The fourth-order valence-electron chi connectivity index (χ4n) is 7.30. The molecule has 0 bridgehead atoms. The van der Waals surface area contributed by atoms with E-state index in [1.165, 1.54) is 71.9 Å². The summed E-state index contributed by atoms with van der Waals surface area (Å²) in [5.74, 6) is 0. The molecule has 1 atom stereocenters. The summed E-state index contributed by atoms with van der Waals surface area (Å²) in [6.45, 7) is 0. The predicted molar refractivity (Wildman–Crippen MR) is 178 cm³/mol. The molecule has 2 heterocycles. The van der Waals surface area contributed by atoms with Crippen LogP contribution in [0.5, 0.6) is 0 Å². The van der Waals surface area contributed by atoms with Crippen LogP contribution in [0.4, 0.5) is 11.4 Å². The highest BCUT2D eigenvalue weighted by Gasteiger charge is 2.37. The highest BCUT2D eigenvalue weighted by molar-refractivity contribution is 6.16. The van der Waals surface area contributed by atoms with Gasteiger partial charge in [0, 0.05) is 39.0 Å². The van der Waals surface area contributed by atoms with Crippen molar-refractivity contribution in [2.75, 3.05) is 4.90 Å². The number of hydrogen-bond donors (Lipinski definition) is 0. The van der Waals surface area contributed by atoms with Gasteiger partial charge in [0.2, 0.25) is 0 Å². The topological polar surface area (TPSA) is 8.17 Å². The minimum atomic E-state index is 0.230. The number of allylic oxidation sites excluding steroid dienone is 2. The maximum absolute atomic E-state index is 2.56. The third-order valence-corrected chi connectivity index (χ3v) is 9.04. The first-order chi connectivity index (χ1) is 20.9. The third-order valence-electron chi connectivity index (χ3n) is 9.04. The Labute approximate surface area is 245 Å². The minimum Gasteiger partial charge on any atom is -0.333 e. The van der Waals surface area contributed by atoms with Crippen LogP contribution in [0.3, 0.4) is 0 Å². The standard InChI is InChI=1S/C40H28N2/c1-2-14-29(15-3-1)42-36-21-8-6-16-31(36)33-19-10-20-34(40(33)42)32-18-11-23-38-39(32)35-17-7-9-22-37(35)41(38)30-25-24-27-12-4-5-13-28(27)26-30/h1-22,24-26,38H,23H2. The molecule has 1 unspecified atom stereocenters. The largest absolute Gasteiger partial charge is 0.333 e. The minimum absolute atomic E-state index is 0.230. The summed E-state index contributed by atoms with van der Waals surface area (Å²) in [6.07, 6.45) is 5.71. The van der Waals surface area contributed by atoms with Crippen molar-refractivity contribution < 1.29 is 0 Å². The van der Waals surface area contributed by atoms with Gasteiger partial charge in [0.15, 0.2) is 0 Å². The van der Waals surface area contributed by atoms with Crippen molar-refractivity contribution >= 4 is 55.1 Å². The van der Waals surface area contributed by atoms with E-state index in [1.807, 2.05) is 0 Å². The summed E-state index contributed by atoms with van der Waals surface area (Å²) in [4.78, 5) is 2.56. The van der Waals surface area contributed by atoms with Crippen LogP contribution in [-0.4, -0.2) is 10.6 Å². The van der Waals surface area contributed by atoms with Crippen molar-refractivity contribution in [3.8, 4) is 5.69 Å². The van der Waals surface area contributed by atoms with E-state index in [0.717, 1.165) is 6.42 Å². The molecule has 2 nitrogen and oxygen atoms in total. The summed E-state index contributed by atoms with van der Waals surface area (Å²) in [5.41, 5.74) is 11.5. The average molecular weight is 537 g/mol. The van der Waals surface area contributed by atoms with Crippen molar-refractivity contribution in [1.82, 2.24) is 4.57 Å². The normalized spacial score (nSPS) is 16.0. The highest BCUT2D eigenvalue weighted by atomic mass is 15.2. The van der Waals surface area contributed by atoms with Crippen molar-refractivity contribution in [2.45, 2.75) is 12.5 Å². The Hall–Kier alpha value is -5.34. The molecule has 0 spiro atoms. The highest BCUT2D eigenvalue weighted by Crippen LogP contribution is 2.52. The SMILES string of the molecule is C1=CC(c2cccc3c4ccccc4n(-c4ccccc4)c23)=C2c3ccccc3N(c3ccc4ccccc4c3)C2C1. The number of fused-ring (bicyclic) bond motifs is 7. The second kappa shape index (κ2) is 9.09. The van der Waals surface area contributed by atoms with Crippen LogP contribution in [0.25, 0.3) is 49.4 Å². The van der Waals surface area contributed by atoms with E-state index in [-0.39, 0.29) is 6.04 Å². The zero-order valence-electron chi connectivity index (χ0n) is 23.1. The van der Waals surface area contributed by atoms with E-state index < -0.39 is 0 Å². The number of aromatic nitrogens is 1. The van der Waals surface area contributed by atoms with Gasteiger partial charge in [0.25, 0.3) is 0 Å². The molecule has 0 N–H and O–H groups in total. The molecule has 1 aromatic heterocycles. The molecule has 198 valence electrons. The number of anilines is 2. The molecule has 1 aliphatic carbocycles. The lowest BCUT2D eigenvalue weighted by Crippen LogP contribution is -2.27. The quantitative estimate of drug-likeness (QED) is 0.218. The summed E-state index contributed by atoms with van der Waals surface area (Å²) in [7, 11) is 0. The molecule has 2 aliphatic rings. The Morgan fingerprint density at radius 2 is 1.29 bits per heavy atom. The van der Waals surface area contributed by atoms with Gasteiger partial charge in [-0.25, -0.2) is 0 Å². The first-order valence-corrected chi connectivity index (χ1v) is 14.7. The van der Waals surface area contributed by atoms with Gasteiger partial charge in [-0.15, -0.1) is 0 Å². The lowest BCUT2D eigenvalue weighted by molar-refractivity contribution is 0.832. The summed E-state index contributed by atoms with van der Waals surface area (Å²) < 4.78 is 2.45. The second-order valence-electron chi connectivity index (χ2n) is 11.3. The smallest absolute Gasteiger partial charge is 0.0639 e. The van der Waals surface area contributed by atoms with Crippen molar-refractivity contribution in [3.63, 3.8) is 0 Å². The Morgan fingerprint density at radius 1 is 0.548 bits per heavy atom. The van der Waals surface area contributed by atoms with Gasteiger partial charge >= 0.3 is 0 Å². The van der Waals surface area contributed by atoms with Gasteiger partial charge in [0.1, 0.15) is 0 Å². The van der Waals surface area contributed by atoms with E-state index in [1.54, 1.807) is 0 Å². The molecule has 6 aromatic carbocycles. The molecule has 9 rings (SSSR count). The number of hydrogen-bond acceptors (Lipinski definition) is 1. The van der Waals surface area contributed by atoms with Gasteiger partial charge in [-0.3, -0.25) is 0 Å². The van der Waals surface area contributed by atoms with E-state index in [2.05, 4.69) is 161 Å². The Balaban J connectivity index is 1.33. The van der Waals surface area contributed by atoms with E-state index in [0.29, 0.717) is 0 Å². The molecule has 1 aliphatic heterocycles. The maximum atomic E-state index is 2.56. The number of benzene rings is 6. The van der Waals surface area contributed by atoms with Crippen LogP contribution in [0.15, 0.2) is 152 Å². The van der Waals surface area contributed by atoms with Gasteiger partial charge < -0.3 is 9.47 Å². The van der Waals surface area contributed by atoms with Crippen molar-refractivity contribution in [2.24, 2.45) is 0 Å². The predicted octanol–water partition coefficient (Wildman–Crippen LogP) is 10.3. The van der Waals surface area contributed by atoms with Crippen LogP contribution < -0.4 is 4.90 Å². The monoisotopic (exact) mass is 536 g/mol. The number of rotatable bonds is 3. The van der Waals surface area contributed by atoms with Crippen LogP contribution >= 0.6 is 0 Å². The Bertz CT molecular complexity index is 2230. The van der Waals surface area contributed by atoms with Crippen molar-refractivity contribution in [3.05, 3.63) is 163 Å². The van der Waals surface area contributed by atoms with Crippen LogP contribution in [-0.2, 0) is 0 Å². The van der Waals surface area contributed by atoms with Gasteiger partial charge in [-0.2, -0.15) is 0 Å². The molecule has 2 heteroatoms. The molecule has 0 saturated heterocycles. The summed E-state index contributed by atoms with van der Waals surface area (Å²) >= 11 is 0. The third kappa shape index (κ3) is 3.33. The lowest BCUT2D eigenvalue weighted by Gasteiger charge is -2.30. The molecule has 42 heavy (non-hydrogen) atoms. The Kier molecular flexibility index (Phi) is 5.06. The zero-order valence-corrected chi connectivity index (χ0v) is 23.1. The molecule has 7 aromatic rings. The summed E-state index contributed by atoms with van der Waals surface area (Å²) in [5, 5.41) is 5.11. The van der Waals surface area contributed by atoms with Crippen LogP contribution in [0.1, 0.15) is 17.5 Å². The van der Waals surface area contributed by atoms with Crippen LogP contribution in [0, 0.1) is 0 Å². The molecule has 0 fully saturated rings. The first-order valence-electron chi connectivity index (χ1n) is 14.7. The fourth-order valence-corrected chi connectivity index (χ4v) is 7.30. The van der Waals surface area contributed by atoms with Gasteiger partial charge in [0.05, 0.1) is 17.1 Å². The van der Waals surface area contributed by atoms with E-state index in [4.69, 9.17) is 0 Å². The molecular formula is C40H28N2. The van der Waals surface area contributed by atoms with Crippen molar-refractivity contribution in [1.29, 1.82) is 0 Å². The Morgan fingerprint density at radius 3 is 2.21 bits per heavy atom. The zero-order chi connectivity index (χ0) is 27.6. The maximum Gasteiger partial charge on any atom is 0.0639 e. The fraction of sp³-hybridized carbons (Fsp3) is 0.0500. The van der Waals surface area contributed by atoms with E-state index in [9.17, 15) is 0 Å². The summed E-state index contributed by atoms with van der Waals surface area (Å²) in [6, 6.07) is 51.1. The average Bonchev–Trinajstić information content (AvgIpc) is 3.58. The lowest BCUT2D eigenvalue weighted by atomic mass is 9.86. The van der Waals surface area contributed by atoms with E-state index >= 15 is 0 Å². The number of para-hydroxylation sites is 4. The van der Waals surface area contributed by atoms with Gasteiger partial charge in [-0.1, -0.05) is 115 Å². The van der Waals surface area contributed by atoms with Gasteiger partial charge in [-0.05, 0) is 64.7 Å². The molecule has 0 saturated carbocycles. The number of nitrogens with zero attached hydrogens (tertiary/aromatic N) is 2. The molecule has 0 radical (unpaired) electrons. The molecule has 0 amide bonds. The first kappa shape index (κ1) is 23.4.